The molecule has 0 amide bonds. The molecule has 2 rings (SSSR count). The fraction of sp³-hybridized carbons (Fsp3) is 0.400. The maximum Gasteiger partial charge on any atom is 0.160 e. The van der Waals surface area contributed by atoms with Crippen molar-refractivity contribution in [2.45, 2.75) is 12.5 Å². The Morgan fingerprint density at radius 2 is 2.17 bits per heavy atom. The van der Waals surface area contributed by atoms with Crippen LogP contribution in [0.3, 0.4) is 0 Å². The number of hydrogen-bond acceptors (Lipinski definition) is 5. The lowest BCUT2D eigenvalue weighted by Crippen LogP contribution is -2.18. The van der Waals surface area contributed by atoms with Crippen LogP contribution < -0.4 is 5.73 Å². The molecule has 6 nitrogen and oxygen atoms in total. The molecule has 0 aromatic carbocycles. The van der Waals surface area contributed by atoms with Gasteiger partial charge in [0.05, 0.1) is 11.8 Å². The molecule has 98 valence electrons. The van der Waals surface area contributed by atoms with Gasteiger partial charge in [0.25, 0.3) is 0 Å². The number of sulfone groups is 1. The molecule has 0 fully saturated rings. The summed E-state index contributed by atoms with van der Waals surface area (Å²) in [4.78, 5) is 0. The summed E-state index contributed by atoms with van der Waals surface area (Å²) in [7, 11) is -3.02. The van der Waals surface area contributed by atoms with Crippen LogP contribution in [-0.4, -0.2) is 35.0 Å². The van der Waals surface area contributed by atoms with Crippen molar-refractivity contribution >= 4 is 31.4 Å². The van der Waals surface area contributed by atoms with Crippen molar-refractivity contribution in [3.63, 3.8) is 0 Å². The highest BCUT2D eigenvalue weighted by Gasteiger charge is 2.16. The maximum absolute atomic E-state index is 11.1. The Hall–Kier alpha value is -0.990. The molecular weight excluding hydrogens is 320 g/mol. The van der Waals surface area contributed by atoms with Crippen LogP contribution in [0.25, 0.3) is 5.65 Å². The Morgan fingerprint density at radius 1 is 1.44 bits per heavy atom. The van der Waals surface area contributed by atoms with Gasteiger partial charge in [-0.25, -0.2) is 8.42 Å². The number of nitrogens with zero attached hydrogens (tertiary/aromatic N) is 3. The lowest BCUT2D eigenvalue weighted by Gasteiger charge is -2.09. The number of nitrogens with two attached hydrogens (primary N) is 1. The summed E-state index contributed by atoms with van der Waals surface area (Å²) in [5.74, 6) is 0.604. The van der Waals surface area contributed by atoms with E-state index in [1.54, 1.807) is 4.40 Å². The Kier molecular flexibility index (Phi) is 3.69. The summed E-state index contributed by atoms with van der Waals surface area (Å²) in [5.41, 5.74) is 6.64. The monoisotopic (exact) mass is 332 g/mol. The second-order valence-corrected chi connectivity index (χ2v) is 7.33. The van der Waals surface area contributed by atoms with E-state index in [1.165, 1.54) is 6.26 Å². The van der Waals surface area contributed by atoms with Gasteiger partial charge in [0.2, 0.25) is 0 Å². The Labute approximate surface area is 113 Å². The molecule has 2 aromatic rings. The lowest BCUT2D eigenvalue weighted by atomic mass is 10.2. The van der Waals surface area contributed by atoms with Gasteiger partial charge in [-0.05, 0) is 34.5 Å². The minimum atomic E-state index is -3.02. The Bertz CT molecular complexity index is 668. The lowest BCUT2D eigenvalue weighted by molar-refractivity contribution is 0.585. The molecule has 0 aliphatic carbocycles. The zero-order chi connectivity index (χ0) is 13.3. The zero-order valence-electron chi connectivity index (χ0n) is 9.75. The molecule has 18 heavy (non-hydrogen) atoms. The highest BCUT2D eigenvalue weighted by Crippen LogP contribution is 2.17. The molecule has 2 N–H and O–H groups in total. The van der Waals surface area contributed by atoms with Crippen LogP contribution in [0.2, 0.25) is 0 Å². The predicted molar refractivity (Wildman–Crippen MR) is 71.9 cm³/mol. The van der Waals surface area contributed by atoms with Gasteiger partial charge < -0.3 is 5.73 Å². The van der Waals surface area contributed by atoms with E-state index >= 15 is 0 Å². The van der Waals surface area contributed by atoms with Gasteiger partial charge in [-0.3, -0.25) is 4.40 Å². The van der Waals surface area contributed by atoms with E-state index in [2.05, 4.69) is 26.1 Å². The molecule has 1 unspecified atom stereocenters. The standard InChI is InChI=1S/C10H13BrN4O2S/c1-18(16,17)5-4-8(12)10-14-13-9-3-2-7(11)6-15(9)10/h2-3,6,8H,4-5,12H2,1H3. The zero-order valence-corrected chi connectivity index (χ0v) is 12.1. The Morgan fingerprint density at radius 3 is 2.83 bits per heavy atom. The van der Waals surface area contributed by atoms with E-state index in [-0.39, 0.29) is 5.75 Å². The largest absolute Gasteiger partial charge is 0.321 e. The minimum Gasteiger partial charge on any atom is -0.321 e. The topological polar surface area (TPSA) is 90.3 Å². The SMILES string of the molecule is CS(=O)(=O)CCC(N)c1nnc2ccc(Br)cn12. The number of halogens is 1. The number of pyridine rings is 1. The maximum atomic E-state index is 11.1. The van der Waals surface area contributed by atoms with Gasteiger partial charge in [0.15, 0.2) is 11.5 Å². The molecule has 2 heterocycles. The summed E-state index contributed by atoms with van der Waals surface area (Å²) in [5, 5.41) is 8.00. The first-order valence-electron chi connectivity index (χ1n) is 5.30. The van der Waals surface area contributed by atoms with Crippen molar-refractivity contribution in [3.8, 4) is 0 Å². The van der Waals surface area contributed by atoms with Crippen molar-refractivity contribution < 1.29 is 8.42 Å². The first-order chi connectivity index (χ1) is 8.37. The summed E-state index contributed by atoms with van der Waals surface area (Å²) in [6.07, 6.45) is 3.33. The van der Waals surface area contributed by atoms with Crippen LogP contribution in [0.15, 0.2) is 22.8 Å². The third-order valence-electron chi connectivity index (χ3n) is 2.52. The van der Waals surface area contributed by atoms with Crippen molar-refractivity contribution in [1.29, 1.82) is 0 Å². The van der Waals surface area contributed by atoms with Crippen molar-refractivity contribution in [2.24, 2.45) is 5.73 Å². The highest BCUT2D eigenvalue weighted by atomic mass is 79.9. The van der Waals surface area contributed by atoms with E-state index < -0.39 is 15.9 Å². The molecule has 0 spiro atoms. The third-order valence-corrected chi connectivity index (χ3v) is 3.97. The van der Waals surface area contributed by atoms with Crippen molar-refractivity contribution in [1.82, 2.24) is 14.6 Å². The minimum absolute atomic E-state index is 0.0388. The molecule has 0 aliphatic heterocycles. The van der Waals surface area contributed by atoms with Crippen LogP contribution in [0.5, 0.6) is 0 Å². The van der Waals surface area contributed by atoms with Crippen LogP contribution in [0, 0.1) is 0 Å². The van der Waals surface area contributed by atoms with Crippen molar-refractivity contribution in [2.75, 3.05) is 12.0 Å². The highest BCUT2D eigenvalue weighted by molar-refractivity contribution is 9.10. The second-order valence-electron chi connectivity index (χ2n) is 4.16. The normalized spacial score (nSPS) is 13.9. The van der Waals surface area contributed by atoms with Gasteiger partial charge in [-0.2, -0.15) is 0 Å². The van der Waals surface area contributed by atoms with E-state index in [0.717, 1.165) is 4.47 Å². The summed E-state index contributed by atoms with van der Waals surface area (Å²) in [6.45, 7) is 0. The molecular formula is C10H13BrN4O2S. The summed E-state index contributed by atoms with van der Waals surface area (Å²) >= 11 is 3.36. The smallest absolute Gasteiger partial charge is 0.160 e. The molecule has 0 radical (unpaired) electrons. The van der Waals surface area contributed by atoms with Gasteiger partial charge >= 0.3 is 0 Å². The average Bonchev–Trinajstić information content (AvgIpc) is 2.67. The first-order valence-corrected chi connectivity index (χ1v) is 8.15. The van der Waals surface area contributed by atoms with Crippen molar-refractivity contribution in [3.05, 3.63) is 28.6 Å². The van der Waals surface area contributed by atoms with Gasteiger partial charge in [-0.15, -0.1) is 10.2 Å². The fourth-order valence-electron chi connectivity index (χ4n) is 1.61. The molecule has 2 aromatic heterocycles. The Balaban J connectivity index is 2.27. The van der Waals surface area contributed by atoms with Crippen LogP contribution in [-0.2, 0) is 9.84 Å². The predicted octanol–water partition coefficient (Wildman–Crippen LogP) is 0.926. The number of fused-ring (bicyclic) bond motifs is 1. The molecule has 8 heteroatoms. The average molecular weight is 333 g/mol. The second kappa shape index (κ2) is 4.94. The number of hydrogen-bond donors (Lipinski definition) is 1. The molecule has 1 atom stereocenters. The van der Waals surface area contributed by atoms with E-state index in [0.29, 0.717) is 17.9 Å². The third kappa shape index (κ3) is 3.06. The summed E-state index contributed by atoms with van der Waals surface area (Å²) < 4.78 is 24.9. The van der Waals surface area contributed by atoms with Gasteiger partial charge in [0.1, 0.15) is 9.84 Å². The molecule has 0 saturated carbocycles. The van der Waals surface area contributed by atoms with E-state index in [4.69, 9.17) is 5.73 Å². The van der Waals surface area contributed by atoms with E-state index in [9.17, 15) is 8.42 Å². The van der Waals surface area contributed by atoms with Crippen LogP contribution in [0.4, 0.5) is 0 Å². The molecule has 0 bridgehead atoms. The molecule has 0 aliphatic rings. The fourth-order valence-corrected chi connectivity index (χ4v) is 2.62. The van der Waals surface area contributed by atoms with Crippen LogP contribution >= 0.6 is 15.9 Å². The number of aromatic nitrogens is 3. The van der Waals surface area contributed by atoms with Gasteiger partial charge in [-0.1, -0.05) is 0 Å². The molecule has 0 saturated heterocycles. The quantitative estimate of drug-likeness (QED) is 0.899. The van der Waals surface area contributed by atoms with Crippen LogP contribution in [0.1, 0.15) is 18.3 Å². The first kappa shape index (κ1) is 13.4. The van der Waals surface area contributed by atoms with Gasteiger partial charge in [0, 0.05) is 16.9 Å². The number of rotatable bonds is 4. The summed E-state index contributed by atoms with van der Waals surface area (Å²) in [6, 6.07) is 3.21. The van der Waals surface area contributed by atoms with E-state index in [1.807, 2.05) is 18.3 Å².